The lowest BCUT2D eigenvalue weighted by molar-refractivity contribution is -0.134. The average Bonchev–Trinajstić information content (AvgIpc) is 2.42. The van der Waals surface area contributed by atoms with E-state index in [1.165, 1.54) is 0 Å². The third-order valence-corrected chi connectivity index (χ3v) is 3.02. The maximum atomic E-state index is 12.3. The molecule has 3 heteroatoms. The third kappa shape index (κ3) is 4.75. The number of carbonyl (C=O) groups excluding carboxylic acids is 1. The Morgan fingerprint density at radius 2 is 1.95 bits per heavy atom. The predicted octanol–water partition coefficient (Wildman–Crippen LogP) is 2.87. The minimum atomic E-state index is -0.582. The Kier molecular flexibility index (Phi) is 6.08. The first-order valence-corrected chi connectivity index (χ1v) is 6.80. The number of nitrogens with zero attached hydrogens (tertiary/aromatic N) is 2. The van der Waals surface area contributed by atoms with Crippen molar-refractivity contribution in [3.63, 3.8) is 0 Å². The molecule has 1 amide bonds. The smallest absolute Gasteiger partial charge is 0.240 e. The summed E-state index contributed by atoms with van der Waals surface area (Å²) in [4.78, 5) is 14.1. The van der Waals surface area contributed by atoms with Gasteiger partial charge in [-0.05, 0) is 24.8 Å². The molecule has 0 heterocycles. The Balaban J connectivity index is 2.74. The summed E-state index contributed by atoms with van der Waals surface area (Å²) in [5.74, 6) is -0.219. The molecule has 0 saturated carbocycles. The van der Waals surface area contributed by atoms with Gasteiger partial charge >= 0.3 is 0 Å². The lowest BCUT2D eigenvalue weighted by Crippen LogP contribution is -2.38. The van der Waals surface area contributed by atoms with Crippen molar-refractivity contribution in [3.8, 4) is 6.07 Å². The maximum absolute atomic E-state index is 12.3. The number of benzene rings is 1. The molecular formula is C16H22N2O. The molecule has 0 spiro atoms. The monoisotopic (exact) mass is 258 g/mol. The largest absolute Gasteiger partial charge is 0.342 e. The van der Waals surface area contributed by atoms with Crippen LogP contribution in [0.3, 0.4) is 0 Å². The third-order valence-electron chi connectivity index (χ3n) is 3.02. The number of amides is 1. The zero-order chi connectivity index (χ0) is 14.3. The second-order valence-electron chi connectivity index (χ2n) is 5.14. The first-order valence-electron chi connectivity index (χ1n) is 6.80. The molecule has 0 radical (unpaired) electrons. The zero-order valence-corrected chi connectivity index (χ0v) is 12.0. The van der Waals surface area contributed by atoms with Crippen LogP contribution < -0.4 is 0 Å². The fraction of sp³-hybridized carbons (Fsp3) is 0.500. The second kappa shape index (κ2) is 7.58. The van der Waals surface area contributed by atoms with Gasteiger partial charge < -0.3 is 4.90 Å². The van der Waals surface area contributed by atoms with Gasteiger partial charge in [-0.2, -0.15) is 5.26 Å². The minimum absolute atomic E-state index is 0.0532. The van der Waals surface area contributed by atoms with Crippen LogP contribution in [0.1, 0.15) is 26.3 Å². The lowest BCUT2D eigenvalue weighted by atomic mass is 9.99. The predicted molar refractivity (Wildman–Crippen MR) is 76.3 cm³/mol. The summed E-state index contributed by atoms with van der Waals surface area (Å²) in [5.41, 5.74) is 1.03. The summed E-state index contributed by atoms with van der Waals surface area (Å²) < 4.78 is 0. The molecular weight excluding hydrogens is 236 g/mol. The molecule has 1 atom stereocenters. The molecule has 1 rings (SSSR count). The van der Waals surface area contributed by atoms with Crippen LogP contribution in [-0.4, -0.2) is 23.9 Å². The number of rotatable bonds is 6. The van der Waals surface area contributed by atoms with Gasteiger partial charge in [0.15, 0.2) is 0 Å². The minimum Gasteiger partial charge on any atom is -0.342 e. The van der Waals surface area contributed by atoms with Crippen molar-refractivity contribution in [2.75, 3.05) is 13.1 Å². The van der Waals surface area contributed by atoms with Crippen molar-refractivity contribution in [2.24, 2.45) is 11.8 Å². The molecule has 3 nitrogen and oxygen atoms in total. The molecule has 1 unspecified atom stereocenters. The van der Waals surface area contributed by atoms with Crippen molar-refractivity contribution in [1.82, 2.24) is 4.90 Å². The normalized spacial score (nSPS) is 11.9. The highest BCUT2D eigenvalue weighted by atomic mass is 16.2. The molecule has 19 heavy (non-hydrogen) atoms. The van der Waals surface area contributed by atoms with Gasteiger partial charge in [0.2, 0.25) is 5.91 Å². The molecule has 0 fully saturated rings. The van der Waals surface area contributed by atoms with E-state index in [1.54, 1.807) is 4.90 Å². The number of hydrogen-bond donors (Lipinski definition) is 0. The zero-order valence-electron chi connectivity index (χ0n) is 12.0. The van der Waals surface area contributed by atoms with Crippen LogP contribution in [0.5, 0.6) is 0 Å². The van der Waals surface area contributed by atoms with Gasteiger partial charge in [-0.15, -0.1) is 0 Å². The number of nitriles is 1. The van der Waals surface area contributed by atoms with Gasteiger partial charge in [0.25, 0.3) is 0 Å². The Morgan fingerprint density at radius 3 is 2.42 bits per heavy atom. The maximum Gasteiger partial charge on any atom is 0.240 e. The van der Waals surface area contributed by atoms with E-state index < -0.39 is 5.92 Å². The van der Waals surface area contributed by atoms with Crippen LogP contribution in [0.2, 0.25) is 0 Å². The summed E-state index contributed by atoms with van der Waals surface area (Å²) in [6, 6.07) is 11.9. The van der Waals surface area contributed by atoms with Crippen molar-refractivity contribution >= 4 is 5.91 Å². The van der Waals surface area contributed by atoms with E-state index >= 15 is 0 Å². The van der Waals surface area contributed by atoms with E-state index in [0.717, 1.165) is 5.56 Å². The van der Waals surface area contributed by atoms with Crippen LogP contribution in [-0.2, 0) is 11.2 Å². The fourth-order valence-electron chi connectivity index (χ4n) is 2.07. The molecule has 0 aromatic heterocycles. The van der Waals surface area contributed by atoms with Gasteiger partial charge in [0, 0.05) is 13.1 Å². The first-order chi connectivity index (χ1) is 9.08. The van der Waals surface area contributed by atoms with Gasteiger partial charge in [0.05, 0.1) is 6.07 Å². The van der Waals surface area contributed by atoms with Gasteiger partial charge in [0.1, 0.15) is 5.92 Å². The van der Waals surface area contributed by atoms with E-state index in [4.69, 9.17) is 0 Å². The van der Waals surface area contributed by atoms with E-state index in [9.17, 15) is 10.1 Å². The van der Waals surface area contributed by atoms with Gasteiger partial charge in [-0.25, -0.2) is 0 Å². The van der Waals surface area contributed by atoms with E-state index in [2.05, 4.69) is 19.9 Å². The molecule has 1 aromatic carbocycles. The van der Waals surface area contributed by atoms with Crippen LogP contribution in [0.25, 0.3) is 0 Å². The molecule has 102 valence electrons. The fourth-order valence-corrected chi connectivity index (χ4v) is 2.07. The lowest BCUT2D eigenvalue weighted by Gasteiger charge is -2.25. The van der Waals surface area contributed by atoms with Crippen molar-refractivity contribution in [1.29, 1.82) is 5.26 Å². The van der Waals surface area contributed by atoms with Crippen LogP contribution in [0.4, 0.5) is 0 Å². The van der Waals surface area contributed by atoms with Crippen LogP contribution in [0, 0.1) is 23.2 Å². The molecule has 0 aliphatic heterocycles. The highest BCUT2D eigenvalue weighted by Gasteiger charge is 2.23. The SMILES string of the molecule is CCN(CC(C)C)C(=O)C(C#N)Cc1ccccc1. The summed E-state index contributed by atoms with van der Waals surface area (Å²) >= 11 is 0. The molecule has 0 bridgehead atoms. The van der Waals surface area contributed by atoms with Gasteiger partial charge in [-0.1, -0.05) is 44.2 Å². The van der Waals surface area contributed by atoms with Crippen LogP contribution >= 0.6 is 0 Å². The highest BCUT2D eigenvalue weighted by Crippen LogP contribution is 2.12. The van der Waals surface area contributed by atoms with Crippen molar-refractivity contribution in [3.05, 3.63) is 35.9 Å². The summed E-state index contributed by atoms with van der Waals surface area (Å²) in [7, 11) is 0. The Bertz CT molecular complexity index is 434. The van der Waals surface area contributed by atoms with E-state index in [1.807, 2.05) is 37.3 Å². The summed E-state index contributed by atoms with van der Waals surface area (Å²) in [5, 5.41) is 9.24. The molecule has 0 aliphatic rings. The Hall–Kier alpha value is -1.82. The Labute approximate surface area is 115 Å². The quantitative estimate of drug-likeness (QED) is 0.787. The van der Waals surface area contributed by atoms with E-state index in [-0.39, 0.29) is 5.91 Å². The molecule has 0 saturated heterocycles. The number of hydrogen-bond acceptors (Lipinski definition) is 2. The van der Waals surface area contributed by atoms with Crippen molar-refractivity contribution in [2.45, 2.75) is 27.2 Å². The summed E-state index contributed by atoms with van der Waals surface area (Å²) in [6.45, 7) is 7.48. The molecule has 0 aliphatic carbocycles. The highest BCUT2D eigenvalue weighted by molar-refractivity contribution is 5.81. The van der Waals surface area contributed by atoms with Crippen LogP contribution in [0.15, 0.2) is 30.3 Å². The Morgan fingerprint density at radius 1 is 1.32 bits per heavy atom. The average molecular weight is 258 g/mol. The van der Waals surface area contributed by atoms with Crippen molar-refractivity contribution < 1.29 is 4.79 Å². The van der Waals surface area contributed by atoms with E-state index in [0.29, 0.717) is 25.4 Å². The first kappa shape index (κ1) is 15.2. The van der Waals surface area contributed by atoms with Gasteiger partial charge in [-0.3, -0.25) is 4.79 Å². The number of carbonyl (C=O) groups is 1. The second-order valence-corrected chi connectivity index (χ2v) is 5.14. The topological polar surface area (TPSA) is 44.1 Å². The molecule has 1 aromatic rings. The molecule has 0 N–H and O–H groups in total. The summed E-state index contributed by atoms with van der Waals surface area (Å²) in [6.07, 6.45) is 0.491. The standard InChI is InChI=1S/C16H22N2O/c1-4-18(12-13(2)3)16(19)15(11-17)10-14-8-6-5-7-9-14/h5-9,13,15H,4,10,12H2,1-3H3.